The fraction of sp³-hybridized carbons (Fsp3) is 0.261. The van der Waals surface area contributed by atoms with Gasteiger partial charge in [-0.1, -0.05) is 6.07 Å². The molecule has 33 heavy (non-hydrogen) atoms. The van der Waals surface area contributed by atoms with Gasteiger partial charge in [0.1, 0.15) is 21.7 Å². The molecular formula is C23H25FN2O5S2. The summed E-state index contributed by atoms with van der Waals surface area (Å²) in [7, 11) is -6.85. The molecule has 1 aromatic heterocycles. The van der Waals surface area contributed by atoms with Crippen molar-refractivity contribution in [2.24, 2.45) is 0 Å². The van der Waals surface area contributed by atoms with Crippen molar-refractivity contribution in [3.05, 3.63) is 82.9 Å². The Hall–Kier alpha value is -2.82. The number of pyridine rings is 1. The number of aryl methyl sites for hydroxylation is 3. The number of sulfonamides is 1. The highest BCUT2D eigenvalue weighted by atomic mass is 32.2. The van der Waals surface area contributed by atoms with Crippen LogP contribution in [0.1, 0.15) is 27.5 Å². The van der Waals surface area contributed by atoms with E-state index in [1.54, 1.807) is 25.1 Å². The van der Waals surface area contributed by atoms with Crippen LogP contribution in [0.5, 0.6) is 5.75 Å². The van der Waals surface area contributed by atoms with Gasteiger partial charge in [0.05, 0.1) is 12.0 Å². The molecule has 0 amide bonds. The Morgan fingerprint density at radius 3 is 2.30 bits per heavy atom. The van der Waals surface area contributed by atoms with Crippen molar-refractivity contribution in [2.75, 3.05) is 13.7 Å². The SMILES string of the molecule is COc1cc(C)c(C)cc1S(=O)(=O)NC[C@@H](c1cccnc1)S(=O)(=O)c1ccc(F)c(C)c1. The smallest absolute Gasteiger partial charge is 0.244 e. The molecule has 0 radical (unpaired) electrons. The number of hydrogen-bond donors (Lipinski definition) is 1. The van der Waals surface area contributed by atoms with Crippen LogP contribution in [-0.4, -0.2) is 35.5 Å². The summed E-state index contributed by atoms with van der Waals surface area (Å²) in [6.07, 6.45) is 2.85. The topological polar surface area (TPSA) is 102 Å². The highest BCUT2D eigenvalue weighted by Gasteiger charge is 2.32. The second-order valence-electron chi connectivity index (χ2n) is 7.67. The Morgan fingerprint density at radius 1 is 1.00 bits per heavy atom. The average Bonchev–Trinajstić information content (AvgIpc) is 2.77. The van der Waals surface area contributed by atoms with Crippen molar-refractivity contribution in [2.45, 2.75) is 35.8 Å². The van der Waals surface area contributed by atoms with E-state index in [0.717, 1.165) is 17.2 Å². The first-order valence-corrected chi connectivity index (χ1v) is 13.0. The molecule has 176 valence electrons. The van der Waals surface area contributed by atoms with Gasteiger partial charge >= 0.3 is 0 Å². The van der Waals surface area contributed by atoms with Gasteiger partial charge in [0.25, 0.3) is 0 Å². The van der Waals surface area contributed by atoms with Crippen LogP contribution in [0.15, 0.2) is 64.6 Å². The number of nitrogens with zero attached hydrogens (tertiary/aromatic N) is 1. The van der Waals surface area contributed by atoms with Gasteiger partial charge in [0.2, 0.25) is 10.0 Å². The molecule has 0 aliphatic carbocycles. The molecular weight excluding hydrogens is 467 g/mol. The number of methoxy groups -OCH3 is 1. The summed E-state index contributed by atoms with van der Waals surface area (Å²) in [5, 5.41) is -1.29. The molecule has 0 saturated heterocycles. The molecule has 0 aliphatic heterocycles. The van der Waals surface area contributed by atoms with Crippen LogP contribution in [0.25, 0.3) is 0 Å². The van der Waals surface area contributed by atoms with Crippen LogP contribution in [0.3, 0.4) is 0 Å². The molecule has 10 heteroatoms. The fourth-order valence-corrected chi connectivity index (χ4v) is 6.44. The van der Waals surface area contributed by atoms with Crippen molar-refractivity contribution in [3.63, 3.8) is 0 Å². The Kier molecular flexibility index (Phi) is 7.20. The number of hydrogen-bond acceptors (Lipinski definition) is 6. The maximum atomic E-state index is 13.7. The van der Waals surface area contributed by atoms with Gasteiger partial charge in [-0.25, -0.2) is 25.9 Å². The number of aromatic nitrogens is 1. The lowest BCUT2D eigenvalue weighted by atomic mass is 10.1. The van der Waals surface area contributed by atoms with Gasteiger partial charge in [0.15, 0.2) is 9.84 Å². The van der Waals surface area contributed by atoms with Crippen LogP contribution < -0.4 is 9.46 Å². The molecule has 0 fully saturated rings. The zero-order valence-corrected chi connectivity index (χ0v) is 20.3. The minimum absolute atomic E-state index is 0.0898. The van der Waals surface area contributed by atoms with Crippen LogP contribution in [0, 0.1) is 26.6 Å². The van der Waals surface area contributed by atoms with Crippen LogP contribution >= 0.6 is 0 Å². The number of sulfone groups is 1. The van der Waals surface area contributed by atoms with Gasteiger partial charge in [-0.05, 0) is 79.4 Å². The Bertz CT molecular complexity index is 1380. The van der Waals surface area contributed by atoms with E-state index < -0.39 is 37.5 Å². The summed E-state index contributed by atoms with van der Waals surface area (Å²) in [5.41, 5.74) is 2.07. The summed E-state index contributed by atoms with van der Waals surface area (Å²) in [4.78, 5) is 3.77. The molecule has 1 heterocycles. The van der Waals surface area contributed by atoms with Crippen molar-refractivity contribution in [1.29, 1.82) is 0 Å². The molecule has 0 saturated carbocycles. The lowest BCUT2D eigenvalue weighted by molar-refractivity contribution is 0.402. The summed E-state index contributed by atoms with van der Waals surface area (Å²) in [6, 6.07) is 9.68. The number of nitrogens with one attached hydrogen (secondary N) is 1. The van der Waals surface area contributed by atoms with Crippen molar-refractivity contribution < 1.29 is 26.0 Å². The normalized spacial score (nSPS) is 13.0. The minimum Gasteiger partial charge on any atom is -0.495 e. The monoisotopic (exact) mass is 492 g/mol. The van der Waals surface area contributed by atoms with Crippen LogP contribution in [0.2, 0.25) is 0 Å². The Balaban J connectivity index is 2.02. The fourth-order valence-electron chi connectivity index (χ4n) is 3.33. The average molecular weight is 493 g/mol. The maximum absolute atomic E-state index is 13.7. The van der Waals surface area contributed by atoms with E-state index in [0.29, 0.717) is 5.56 Å². The second-order valence-corrected chi connectivity index (χ2v) is 11.5. The molecule has 0 bridgehead atoms. The molecule has 7 nitrogen and oxygen atoms in total. The molecule has 0 spiro atoms. The standard InChI is InChI=1S/C23H25FN2O5S2/c1-15-11-21(31-4)22(12-16(15)2)33(29,30)26-14-23(18-6-5-9-25-13-18)32(27,28)19-7-8-20(24)17(3)10-19/h5-13,23,26H,14H2,1-4H3/t23-/m0/s1. The molecule has 0 unspecified atom stereocenters. The molecule has 3 rings (SSSR count). The lowest BCUT2D eigenvalue weighted by Crippen LogP contribution is -2.32. The minimum atomic E-state index is -4.12. The summed E-state index contributed by atoms with van der Waals surface area (Å²) in [6.45, 7) is 4.61. The number of rotatable bonds is 8. The first kappa shape index (κ1) is 24.8. The molecule has 3 aromatic rings. The lowest BCUT2D eigenvalue weighted by Gasteiger charge is -2.20. The van der Waals surface area contributed by atoms with E-state index in [1.165, 1.54) is 44.6 Å². The molecule has 0 aliphatic rings. The highest BCUT2D eigenvalue weighted by Crippen LogP contribution is 2.31. The second kappa shape index (κ2) is 9.58. The number of benzene rings is 2. The third-order valence-electron chi connectivity index (χ3n) is 5.42. The van der Waals surface area contributed by atoms with Gasteiger partial charge in [-0.3, -0.25) is 4.98 Å². The highest BCUT2D eigenvalue weighted by molar-refractivity contribution is 7.92. The third kappa shape index (κ3) is 5.23. The number of ether oxygens (including phenoxy) is 1. The van der Waals surface area contributed by atoms with Gasteiger partial charge < -0.3 is 4.74 Å². The third-order valence-corrected chi connectivity index (χ3v) is 8.96. The van der Waals surface area contributed by atoms with Crippen molar-refractivity contribution >= 4 is 19.9 Å². The van der Waals surface area contributed by atoms with Gasteiger partial charge in [0, 0.05) is 18.9 Å². The zero-order chi connectivity index (χ0) is 24.4. The van der Waals surface area contributed by atoms with E-state index in [1.807, 2.05) is 6.92 Å². The Morgan fingerprint density at radius 2 is 1.70 bits per heavy atom. The number of halogens is 1. The largest absolute Gasteiger partial charge is 0.495 e. The van der Waals surface area contributed by atoms with E-state index in [9.17, 15) is 21.2 Å². The maximum Gasteiger partial charge on any atom is 0.244 e. The zero-order valence-electron chi connectivity index (χ0n) is 18.7. The molecule has 1 atom stereocenters. The van der Waals surface area contributed by atoms with Gasteiger partial charge in [-0.2, -0.15) is 0 Å². The van der Waals surface area contributed by atoms with Crippen LogP contribution in [0.4, 0.5) is 4.39 Å². The van der Waals surface area contributed by atoms with Crippen LogP contribution in [-0.2, 0) is 19.9 Å². The summed E-state index contributed by atoms with van der Waals surface area (Å²) in [5.74, 6) is -0.380. The molecule has 2 aromatic carbocycles. The summed E-state index contributed by atoms with van der Waals surface area (Å²) < 4.78 is 74.5. The van der Waals surface area contributed by atoms with E-state index >= 15 is 0 Å². The Labute approximate surface area is 193 Å². The predicted molar refractivity (Wildman–Crippen MR) is 123 cm³/mol. The first-order valence-electron chi connectivity index (χ1n) is 10.0. The first-order chi connectivity index (χ1) is 15.5. The van der Waals surface area contributed by atoms with E-state index in [4.69, 9.17) is 4.74 Å². The predicted octanol–water partition coefficient (Wildman–Crippen LogP) is 3.65. The van der Waals surface area contributed by atoms with E-state index in [-0.39, 0.29) is 21.1 Å². The van der Waals surface area contributed by atoms with E-state index in [2.05, 4.69) is 9.71 Å². The van der Waals surface area contributed by atoms with Gasteiger partial charge in [-0.15, -0.1) is 0 Å². The van der Waals surface area contributed by atoms with Crippen molar-refractivity contribution in [1.82, 2.24) is 9.71 Å². The summed E-state index contributed by atoms with van der Waals surface area (Å²) >= 11 is 0. The quantitative estimate of drug-likeness (QED) is 0.482. The molecule has 1 N–H and O–H groups in total. The van der Waals surface area contributed by atoms with Crippen molar-refractivity contribution in [3.8, 4) is 5.75 Å².